The molecule has 19 heavy (non-hydrogen) atoms. The summed E-state index contributed by atoms with van der Waals surface area (Å²) in [5.41, 5.74) is 7.99. The molecule has 0 unspecified atom stereocenters. The van der Waals surface area contributed by atoms with Crippen LogP contribution in [0, 0.1) is 0 Å². The average Bonchev–Trinajstić information content (AvgIpc) is 2.74. The van der Waals surface area contributed by atoms with E-state index < -0.39 is 0 Å². The second-order valence-electron chi connectivity index (χ2n) is 4.58. The minimum Gasteiger partial charge on any atom is -0.383 e. The van der Waals surface area contributed by atoms with Gasteiger partial charge >= 0.3 is 0 Å². The molecule has 0 fully saturated rings. The van der Waals surface area contributed by atoms with Gasteiger partial charge in [-0.15, -0.1) is 0 Å². The van der Waals surface area contributed by atoms with Gasteiger partial charge in [-0.1, -0.05) is 31.2 Å². The molecule has 0 aliphatic rings. The number of hydrogen-bond acceptors (Lipinski definition) is 3. The van der Waals surface area contributed by atoms with Crippen LogP contribution in [0.5, 0.6) is 0 Å². The number of pyridine rings is 1. The maximum Gasteiger partial charge on any atom is 0.131 e. The number of nitrogens with two attached hydrogens (primary N) is 1. The number of benzene rings is 1. The SMILES string of the molecule is CCc1nc(-c2cncc3ccccc23)c(N)n1C. The molecule has 0 bridgehead atoms. The van der Waals surface area contributed by atoms with Crippen LogP contribution in [0.2, 0.25) is 0 Å². The standard InChI is InChI=1S/C15H16N4/c1-3-13-18-14(15(16)19(13)2)12-9-17-8-10-6-4-5-7-11(10)12/h4-9H,3,16H2,1-2H3. The summed E-state index contributed by atoms with van der Waals surface area (Å²) in [7, 11) is 1.95. The molecule has 2 aromatic heterocycles. The van der Waals surface area contributed by atoms with E-state index in [4.69, 9.17) is 5.73 Å². The average molecular weight is 252 g/mol. The van der Waals surface area contributed by atoms with E-state index in [9.17, 15) is 0 Å². The molecule has 96 valence electrons. The molecule has 3 aromatic rings. The summed E-state index contributed by atoms with van der Waals surface area (Å²) in [6.07, 6.45) is 4.55. The molecule has 0 saturated carbocycles. The van der Waals surface area contributed by atoms with Crippen LogP contribution in [0.4, 0.5) is 5.82 Å². The highest BCUT2D eigenvalue weighted by Crippen LogP contribution is 2.31. The number of nitrogens with zero attached hydrogens (tertiary/aromatic N) is 3. The Balaban J connectivity index is 2.30. The molecule has 4 nitrogen and oxygen atoms in total. The van der Waals surface area contributed by atoms with Crippen LogP contribution in [0.3, 0.4) is 0 Å². The van der Waals surface area contributed by atoms with Crippen LogP contribution >= 0.6 is 0 Å². The largest absolute Gasteiger partial charge is 0.383 e. The summed E-state index contributed by atoms with van der Waals surface area (Å²) in [5, 5.41) is 2.23. The number of fused-ring (bicyclic) bond motifs is 1. The second-order valence-corrected chi connectivity index (χ2v) is 4.58. The molecule has 2 N–H and O–H groups in total. The monoisotopic (exact) mass is 252 g/mol. The third kappa shape index (κ3) is 1.76. The fourth-order valence-electron chi connectivity index (χ4n) is 2.38. The van der Waals surface area contributed by atoms with Crippen molar-refractivity contribution in [1.82, 2.24) is 14.5 Å². The minimum atomic E-state index is 0.690. The molecule has 0 aliphatic carbocycles. The predicted molar refractivity (Wildman–Crippen MR) is 77.7 cm³/mol. The van der Waals surface area contributed by atoms with Crippen LogP contribution in [-0.2, 0) is 13.5 Å². The lowest BCUT2D eigenvalue weighted by atomic mass is 10.1. The van der Waals surface area contributed by atoms with E-state index in [0.717, 1.165) is 34.3 Å². The molecule has 0 atom stereocenters. The number of anilines is 1. The zero-order valence-electron chi connectivity index (χ0n) is 11.1. The third-order valence-corrected chi connectivity index (χ3v) is 3.47. The van der Waals surface area contributed by atoms with Crippen LogP contribution in [0.15, 0.2) is 36.7 Å². The van der Waals surface area contributed by atoms with Crippen molar-refractivity contribution in [3.8, 4) is 11.3 Å². The smallest absolute Gasteiger partial charge is 0.131 e. The van der Waals surface area contributed by atoms with Gasteiger partial charge in [-0.3, -0.25) is 4.98 Å². The van der Waals surface area contributed by atoms with E-state index in [-0.39, 0.29) is 0 Å². The Labute approximate surface area is 111 Å². The molecular weight excluding hydrogens is 236 g/mol. The molecule has 0 radical (unpaired) electrons. The quantitative estimate of drug-likeness (QED) is 0.763. The minimum absolute atomic E-state index is 0.690. The van der Waals surface area contributed by atoms with E-state index in [1.807, 2.05) is 42.2 Å². The first-order chi connectivity index (χ1) is 9.22. The summed E-state index contributed by atoms with van der Waals surface area (Å²) in [6, 6.07) is 8.15. The van der Waals surface area contributed by atoms with Gasteiger partial charge in [0.1, 0.15) is 17.3 Å². The van der Waals surface area contributed by atoms with E-state index in [1.54, 1.807) is 0 Å². The van der Waals surface area contributed by atoms with Crippen molar-refractivity contribution in [3.05, 3.63) is 42.5 Å². The van der Waals surface area contributed by atoms with E-state index >= 15 is 0 Å². The molecule has 0 saturated heterocycles. The van der Waals surface area contributed by atoms with Gasteiger partial charge < -0.3 is 10.3 Å². The van der Waals surface area contributed by atoms with Crippen molar-refractivity contribution < 1.29 is 0 Å². The van der Waals surface area contributed by atoms with Gasteiger partial charge in [-0.05, 0) is 5.39 Å². The Morgan fingerprint density at radius 2 is 2.00 bits per heavy atom. The van der Waals surface area contributed by atoms with Crippen molar-refractivity contribution in [2.75, 3.05) is 5.73 Å². The first kappa shape index (κ1) is 11.7. The maximum absolute atomic E-state index is 6.17. The summed E-state index contributed by atoms with van der Waals surface area (Å²) in [4.78, 5) is 8.94. The Morgan fingerprint density at radius 1 is 1.21 bits per heavy atom. The topological polar surface area (TPSA) is 56.7 Å². The normalized spacial score (nSPS) is 11.1. The van der Waals surface area contributed by atoms with Gasteiger partial charge in [0.2, 0.25) is 0 Å². The zero-order valence-corrected chi connectivity index (χ0v) is 11.1. The molecule has 1 aromatic carbocycles. The van der Waals surface area contributed by atoms with Gasteiger partial charge in [0.25, 0.3) is 0 Å². The lowest BCUT2D eigenvalue weighted by Crippen LogP contribution is -2.00. The first-order valence-electron chi connectivity index (χ1n) is 6.36. The summed E-state index contributed by atoms with van der Waals surface area (Å²) < 4.78 is 1.94. The highest BCUT2D eigenvalue weighted by atomic mass is 15.1. The number of aromatic nitrogens is 3. The summed E-state index contributed by atoms with van der Waals surface area (Å²) in [6.45, 7) is 2.08. The molecule has 0 spiro atoms. The van der Waals surface area contributed by atoms with Crippen LogP contribution < -0.4 is 5.73 Å². The predicted octanol–water partition coefficient (Wildman–Crippen LogP) is 2.78. The van der Waals surface area contributed by atoms with E-state index in [2.05, 4.69) is 23.0 Å². The van der Waals surface area contributed by atoms with Crippen molar-refractivity contribution in [2.24, 2.45) is 7.05 Å². The Morgan fingerprint density at radius 3 is 2.74 bits per heavy atom. The lowest BCUT2D eigenvalue weighted by molar-refractivity contribution is 0.816. The molecule has 0 amide bonds. The van der Waals surface area contributed by atoms with E-state index in [0.29, 0.717) is 5.82 Å². The highest BCUT2D eigenvalue weighted by molar-refractivity contribution is 5.96. The second kappa shape index (κ2) is 4.39. The highest BCUT2D eigenvalue weighted by Gasteiger charge is 2.15. The Hall–Kier alpha value is -2.36. The van der Waals surface area contributed by atoms with Crippen LogP contribution in [-0.4, -0.2) is 14.5 Å². The number of rotatable bonds is 2. The van der Waals surface area contributed by atoms with Gasteiger partial charge in [-0.25, -0.2) is 4.98 Å². The van der Waals surface area contributed by atoms with Gasteiger partial charge in [0.15, 0.2) is 0 Å². The van der Waals surface area contributed by atoms with Crippen LogP contribution in [0.25, 0.3) is 22.0 Å². The van der Waals surface area contributed by atoms with Crippen LogP contribution in [0.1, 0.15) is 12.7 Å². The maximum atomic E-state index is 6.17. The third-order valence-electron chi connectivity index (χ3n) is 3.47. The van der Waals surface area contributed by atoms with Crippen molar-refractivity contribution in [3.63, 3.8) is 0 Å². The first-order valence-corrected chi connectivity index (χ1v) is 6.36. The van der Waals surface area contributed by atoms with Crippen molar-refractivity contribution >= 4 is 16.6 Å². The molecule has 3 rings (SSSR count). The van der Waals surface area contributed by atoms with Gasteiger partial charge in [0, 0.05) is 36.8 Å². The Bertz CT molecular complexity index is 738. The molecule has 4 heteroatoms. The van der Waals surface area contributed by atoms with Gasteiger partial charge in [0.05, 0.1) is 0 Å². The summed E-state index contributed by atoms with van der Waals surface area (Å²) >= 11 is 0. The summed E-state index contributed by atoms with van der Waals surface area (Å²) in [5.74, 6) is 1.68. The number of hydrogen-bond donors (Lipinski definition) is 1. The fourth-order valence-corrected chi connectivity index (χ4v) is 2.38. The number of aryl methyl sites for hydroxylation is 1. The lowest BCUT2D eigenvalue weighted by Gasteiger charge is -2.04. The molecule has 2 heterocycles. The van der Waals surface area contributed by atoms with E-state index in [1.165, 1.54) is 0 Å². The van der Waals surface area contributed by atoms with Crippen molar-refractivity contribution in [1.29, 1.82) is 0 Å². The number of imidazole rings is 1. The van der Waals surface area contributed by atoms with Gasteiger partial charge in [-0.2, -0.15) is 0 Å². The molecular formula is C15H16N4. The Kier molecular flexibility index (Phi) is 2.71. The molecule has 0 aliphatic heterocycles. The zero-order chi connectivity index (χ0) is 13.4. The fraction of sp³-hybridized carbons (Fsp3) is 0.200. The van der Waals surface area contributed by atoms with Crippen molar-refractivity contribution in [2.45, 2.75) is 13.3 Å². The number of nitrogen functional groups attached to an aromatic ring is 1.